The number of nitrogens with one attached hydrogen (secondary N) is 1. The Morgan fingerprint density at radius 3 is 2.43 bits per heavy atom. The van der Waals surface area contributed by atoms with Crippen molar-refractivity contribution >= 4 is 5.91 Å². The molecule has 118 valence electrons. The molecule has 21 heavy (non-hydrogen) atoms. The molecule has 1 aromatic heterocycles. The third-order valence-electron chi connectivity index (χ3n) is 2.19. The predicted octanol–water partition coefficient (Wildman–Crippen LogP) is 1.35. The second kappa shape index (κ2) is 6.66. The van der Waals surface area contributed by atoms with Crippen molar-refractivity contribution in [1.29, 1.82) is 0 Å². The number of pyridine rings is 1. The summed E-state index contributed by atoms with van der Waals surface area (Å²) < 4.78 is 65.7. The Balaban J connectivity index is 2.55. The lowest BCUT2D eigenvalue weighted by atomic mass is 10.2. The molecule has 10 heteroatoms. The van der Waals surface area contributed by atoms with Crippen LogP contribution in [-0.2, 0) is 0 Å². The van der Waals surface area contributed by atoms with Crippen molar-refractivity contribution in [3.8, 4) is 5.88 Å². The number of hydrogen-bond acceptors (Lipinski definition) is 4. The quantitative estimate of drug-likeness (QED) is 0.777. The molecule has 0 fully saturated rings. The molecule has 5 nitrogen and oxygen atoms in total. The number of carbonyl (C=O) groups is 1. The van der Waals surface area contributed by atoms with Gasteiger partial charge in [-0.1, -0.05) is 0 Å². The molecule has 1 rings (SSSR count). The largest absolute Gasteiger partial charge is 0.468 e. The standard InChI is InChI=1S/C11H12F5N3O2/c12-10(13,4-17)5-19-9(20)7-1-2-8(18-3-7)21-6-11(14,15)16/h1-3H,4-6,17H2,(H,19,20). The van der Waals surface area contributed by atoms with E-state index in [1.165, 1.54) is 0 Å². The van der Waals surface area contributed by atoms with Crippen LogP contribution in [-0.4, -0.2) is 42.7 Å². The first-order chi connectivity index (χ1) is 9.63. The van der Waals surface area contributed by atoms with Crippen LogP contribution in [0, 0.1) is 0 Å². The van der Waals surface area contributed by atoms with Gasteiger partial charge in [-0.15, -0.1) is 0 Å². The van der Waals surface area contributed by atoms with Gasteiger partial charge in [-0.2, -0.15) is 13.2 Å². The monoisotopic (exact) mass is 313 g/mol. The SMILES string of the molecule is NCC(F)(F)CNC(=O)c1ccc(OCC(F)(F)F)nc1. The first kappa shape index (κ1) is 17.1. The van der Waals surface area contributed by atoms with E-state index in [1.54, 1.807) is 0 Å². The van der Waals surface area contributed by atoms with E-state index < -0.39 is 37.7 Å². The maximum atomic E-state index is 12.8. The number of alkyl halides is 5. The van der Waals surface area contributed by atoms with Gasteiger partial charge in [0.05, 0.1) is 18.7 Å². The minimum Gasteiger partial charge on any atom is -0.468 e. The highest BCUT2D eigenvalue weighted by molar-refractivity contribution is 5.93. The summed E-state index contributed by atoms with van der Waals surface area (Å²) in [6.45, 7) is -3.39. The number of nitrogens with zero attached hydrogens (tertiary/aromatic N) is 1. The van der Waals surface area contributed by atoms with Crippen LogP contribution in [0.3, 0.4) is 0 Å². The van der Waals surface area contributed by atoms with Gasteiger partial charge in [-0.3, -0.25) is 4.79 Å². The molecule has 0 aliphatic heterocycles. The molecule has 0 aliphatic rings. The molecule has 1 heterocycles. The highest BCUT2D eigenvalue weighted by atomic mass is 19.4. The van der Waals surface area contributed by atoms with Crippen molar-refractivity contribution in [1.82, 2.24) is 10.3 Å². The predicted molar refractivity (Wildman–Crippen MR) is 62.1 cm³/mol. The zero-order valence-electron chi connectivity index (χ0n) is 10.6. The Kier molecular flexibility index (Phi) is 5.41. The average Bonchev–Trinajstić information content (AvgIpc) is 2.42. The molecule has 0 unspecified atom stereocenters. The fraction of sp³-hybridized carbons (Fsp3) is 0.455. The van der Waals surface area contributed by atoms with Gasteiger partial charge in [0, 0.05) is 12.3 Å². The third kappa shape index (κ3) is 6.34. The lowest BCUT2D eigenvalue weighted by molar-refractivity contribution is -0.154. The Morgan fingerprint density at radius 2 is 1.95 bits per heavy atom. The van der Waals surface area contributed by atoms with Gasteiger partial charge in [0.15, 0.2) is 6.61 Å². The van der Waals surface area contributed by atoms with E-state index in [9.17, 15) is 26.7 Å². The second-order valence-corrected chi connectivity index (χ2v) is 4.03. The summed E-state index contributed by atoms with van der Waals surface area (Å²) in [7, 11) is 0. The summed E-state index contributed by atoms with van der Waals surface area (Å²) in [5.74, 6) is -4.42. The molecule has 0 radical (unpaired) electrons. The van der Waals surface area contributed by atoms with E-state index in [2.05, 4.69) is 9.72 Å². The van der Waals surface area contributed by atoms with Crippen LogP contribution < -0.4 is 15.8 Å². The number of amides is 1. The minimum absolute atomic E-state index is 0.0952. The number of halogens is 5. The molecule has 0 aromatic carbocycles. The van der Waals surface area contributed by atoms with Crippen molar-refractivity contribution < 1.29 is 31.5 Å². The lowest BCUT2D eigenvalue weighted by Crippen LogP contribution is -2.41. The maximum absolute atomic E-state index is 12.8. The van der Waals surface area contributed by atoms with Gasteiger partial charge >= 0.3 is 6.18 Å². The van der Waals surface area contributed by atoms with Crippen LogP contribution in [0.2, 0.25) is 0 Å². The number of rotatable bonds is 6. The normalized spacial score (nSPS) is 12.1. The number of nitrogens with two attached hydrogens (primary N) is 1. The Hall–Kier alpha value is -1.97. The summed E-state index contributed by atoms with van der Waals surface area (Å²) in [5, 5.41) is 1.94. The van der Waals surface area contributed by atoms with Crippen LogP contribution in [0.1, 0.15) is 10.4 Å². The number of ether oxygens (including phenoxy) is 1. The fourth-order valence-electron chi connectivity index (χ4n) is 1.14. The number of aromatic nitrogens is 1. The van der Waals surface area contributed by atoms with E-state index in [0.717, 1.165) is 18.3 Å². The molecule has 0 saturated heterocycles. The molecule has 1 amide bonds. The van der Waals surface area contributed by atoms with Gasteiger partial charge in [-0.25, -0.2) is 13.8 Å². The Labute approximate surface area is 116 Å². The smallest absolute Gasteiger partial charge is 0.422 e. The van der Waals surface area contributed by atoms with E-state index in [4.69, 9.17) is 5.73 Å². The molecular weight excluding hydrogens is 301 g/mol. The molecule has 0 spiro atoms. The van der Waals surface area contributed by atoms with E-state index in [0.29, 0.717) is 0 Å². The molecule has 0 saturated carbocycles. The van der Waals surface area contributed by atoms with Gasteiger partial charge in [-0.05, 0) is 6.07 Å². The summed E-state index contributed by atoms with van der Waals surface area (Å²) in [4.78, 5) is 15.0. The zero-order valence-corrected chi connectivity index (χ0v) is 10.6. The Morgan fingerprint density at radius 1 is 1.29 bits per heavy atom. The Bertz CT molecular complexity index is 476. The van der Waals surface area contributed by atoms with Gasteiger partial charge in [0.25, 0.3) is 11.8 Å². The number of hydrogen-bond donors (Lipinski definition) is 2. The summed E-state index contributed by atoms with van der Waals surface area (Å²) in [6.07, 6.45) is -3.59. The fourth-order valence-corrected chi connectivity index (χ4v) is 1.14. The summed E-state index contributed by atoms with van der Waals surface area (Å²) >= 11 is 0. The number of carbonyl (C=O) groups excluding carboxylic acids is 1. The van der Waals surface area contributed by atoms with Crippen LogP contribution in [0.15, 0.2) is 18.3 Å². The lowest BCUT2D eigenvalue weighted by Gasteiger charge is -2.14. The summed E-state index contributed by atoms with van der Waals surface area (Å²) in [6, 6.07) is 2.14. The van der Waals surface area contributed by atoms with E-state index in [1.807, 2.05) is 5.32 Å². The van der Waals surface area contributed by atoms with Crippen molar-refractivity contribution in [3.63, 3.8) is 0 Å². The van der Waals surface area contributed by atoms with Crippen molar-refractivity contribution in [3.05, 3.63) is 23.9 Å². The van der Waals surface area contributed by atoms with Crippen LogP contribution in [0.4, 0.5) is 22.0 Å². The van der Waals surface area contributed by atoms with Gasteiger partial charge in [0.2, 0.25) is 5.88 Å². The topological polar surface area (TPSA) is 77.2 Å². The van der Waals surface area contributed by atoms with E-state index >= 15 is 0 Å². The van der Waals surface area contributed by atoms with Gasteiger partial charge < -0.3 is 15.8 Å². The second-order valence-electron chi connectivity index (χ2n) is 4.03. The molecule has 0 bridgehead atoms. The third-order valence-corrected chi connectivity index (χ3v) is 2.19. The first-order valence-corrected chi connectivity index (χ1v) is 5.65. The van der Waals surface area contributed by atoms with Crippen LogP contribution in [0.5, 0.6) is 5.88 Å². The molecule has 0 aliphatic carbocycles. The van der Waals surface area contributed by atoms with Crippen molar-refractivity contribution in [2.75, 3.05) is 19.7 Å². The van der Waals surface area contributed by atoms with Gasteiger partial charge in [0.1, 0.15) is 0 Å². The first-order valence-electron chi connectivity index (χ1n) is 5.65. The highest BCUT2D eigenvalue weighted by Gasteiger charge is 2.29. The van der Waals surface area contributed by atoms with Crippen molar-refractivity contribution in [2.45, 2.75) is 12.1 Å². The summed E-state index contributed by atoms with van der Waals surface area (Å²) in [5.41, 5.74) is 4.70. The van der Waals surface area contributed by atoms with Crippen LogP contribution in [0.25, 0.3) is 0 Å². The maximum Gasteiger partial charge on any atom is 0.422 e. The average molecular weight is 313 g/mol. The van der Waals surface area contributed by atoms with Crippen LogP contribution >= 0.6 is 0 Å². The molecule has 0 atom stereocenters. The zero-order chi connectivity index (χ0) is 16.1. The molecular formula is C11H12F5N3O2. The van der Waals surface area contributed by atoms with Crippen molar-refractivity contribution in [2.24, 2.45) is 5.73 Å². The molecule has 1 aromatic rings. The minimum atomic E-state index is -4.51. The molecule has 3 N–H and O–H groups in total. The van der Waals surface area contributed by atoms with E-state index in [-0.39, 0.29) is 11.4 Å². The highest BCUT2D eigenvalue weighted by Crippen LogP contribution is 2.17.